The Bertz CT molecular complexity index is 732. The molecule has 5 atom stereocenters. The van der Waals surface area contributed by atoms with Gasteiger partial charge in [0.2, 0.25) is 0 Å². The van der Waals surface area contributed by atoms with Crippen LogP contribution in [0, 0.1) is 0 Å². The van der Waals surface area contributed by atoms with Gasteiger partial charge in [0.05, 0.1) is 25.6 Å². The van der Waals surface area contributed by atoms with Gasteiger partial charge in [-0.25, -0.2) is 0 Å². The summed E-state index contributed by atoms with van der Waals surface area (Å²) in [5.74, 6) is 0.766. The molecule has 122 valence electrons. The number of hydrogen-bond donors (Lipinski definition) is 3. The van der Waals surface area contributed by atoms with Gasteiger partial charge in [-0.1, -0.05) is 12.1 Å². The lowest BCUT2D eigenvalue weighted by molar-refractivity contribution is -0.923. The summed E-state index contributed by atoms with van der Waals surface area (Å²) >= 11 is 0. The Hall–Kier alpha value is -1.43. The van der Waals surface area contributed by atoms with E-state index in [4.69, 9.17) is 4.74 Å². The van der Waals surface area contributed by atoms with Gasteiger partial charge in [0.25, 0.3) is 0 Å². The highest BCUT2D eigenvalue weighted by molar-refractivity contribution is 5.89. The lowest BCUT2D eigenvalue weighted by Crippen LogP contribution is -3.19. The van der Waals surface area contributed by atoms with Crippen molar-refractivity contribution in [3.05, 3.63) is 28.8 Å². The van der Waals surface area contributed by atoms with Crippen LogP contribution in [0.2, 0.25) is 0 Å². The topological polar surface area (TPSA) is 71.2 Å². The molecule has 5 nitrogen and oxygen atoms in total. The van der Waals surface area contributed by atoms with E-state index in [1.807, 2.05) is 6.07 Å². The van der Waals surface area contributed by atoms with Crippen molar-refractivity contribution in [1.82, 2.24) is 0 Å². The number of carbonyl (C=O) groups excluding carboxylic acids is 1. The monoisotopic (exact) mass is 316 g/mol. The molecule has 0 amide bonds. The quantitative estimate of drug-likeness (QED) is 0.629. The number of likely N-dealkylation sites (N-methyl/N-ethyl adjacent to an activating group) is 1. The highest BCUT2D eigenvalue weighted by atomic mass is 16.5. The summed E-state index contributed by atoms with van der Waals surface area (Å²) in [6.07, 6.45) is 1.89. The minimum atomic E-state index is -0.889. The van der Waals surface area contributed by atoms with Crippen LogP contribution in [0.1, 0.15) is 36.0 Å². The van der Waals surface area contributed by atoms with Gasteiger partial charge >= 0.3 is 0 Å². The maximum atomic E-state index is 12.6. The number of carbonyl (C=O) groups is 1. The van der Waals surface area contributed by atoms with Crippen molar-refractivity contribution < 1.29 is 24.6 Å². The van der Waals surface area contributed by atoms with E-state index in [0.29, 0.717) is 18.6 Å². The first-order valence-corrected chi connectivity index (χ1v) is 8.53. The van der Waals surface area contributed by atoms with Crippen LogP contribution < -0.4 is 9.64 Å². The summed E-state index contributed by atoms with van der Waals surface area (Å²) in [5, 5.41) is 21.4. The van der Waals surface area contributed by atoms with Crippen LogP contribution in [-0.4, -0.2) is 47.3 Å². The molecule has 4 aliphatic rings. The normalized spacial score (nSPS) is 43.1. The van der Waals surface area contributed by atoms with Crippen molar-refractivity contribution in [1.29, 1.82) is 0 Å². The number of likely N-dealkylation sites (tertiary alicyclic amines) is 1. The van der Waals surface area contributed by atoms with Gasteiger partial charge in [-0.2, -0.15) is 0 Å². The zero-order chi connectivity index (χ0) is 16.0. The Morgan fingerprint density at radius 2 is 2.22 bits per heavy atom. The molecule has 1 saturated heterocycles. The molecule has 2 fully saturated rings. The van der Waals surface area contributed by atoms with Crippen molar-refractivity contribution in [3.8, 4) is 5.75 Å². The van der Waals surface area contributed by atoms with Crippen molar-refractivity contribution >= 4 is 5.78 Å². The van der Waals surface area contributed by atoms with E-state index in [0.717, 1.165) is 30.5 Å². The molecule has 5 rings (SSSR count). The third-order valence-electron chi connectivity index (χ3n) is 6.95. The van der Waals surface area contributed by atoms with Crippen molar-refractivity contribution in [2.45, 2.75) is 55.5 Å². The molecule has 2 aliphatic carbocycles. The molecule has 1 saturated carbocycles. The van der Waals surface area contributed by atoms with Gasteiger partial charge in [0.1, 0.15) is 17.4 Å². The number of rotatable bonds is 1. The summed E-state index contributed by atoms with van der Waals surface area (Å²) in [5.41, 5.74) is 1.43. The summed E-state index contributed by atoms with van der Waals surface area (Å²) < 4.78 is 6.13. The van der Waals surface area contributed by atoms with Crippen molar-refractivity contribution in [2.24, 2.45) is 0 Å². The van der Waals surface area contributed by atoms with Gasteiger partial charge in [0.15, 0.2) is 11.9 Å². The van der Waals surface area contributed by atoms with E-state index in [2.05, 4.69) is 13.1 Å². The highest BCUT2D eigenvalue weighted by Gasteiger charge is 2.74. The number of piperidine rings is 1. The summed E-state index contributed by atoms with van der Waals surface area (Å²) in [6, 6.07) is 4.07. The van der Waals surface area contributed by atoms with E-state index in [9.17, 15) is 15.0 Å². The van der Waals surface area contributed by atoms with E-state index in [1.54, 1.807) is 0 Å². The van der Waals surface area contributed by atoms with Crippen LogP contribution in [0.4, 0.5) is 0 Å². The van der Waals surface area contributed by atoms with Crippen LogP contribution >= 0.6 is 0 Å². The van der Waals surface area contributed by atoms with Crippen molar-refractivity contribution in [3.63, 3.8) is 0 Å². The second-order valence-electron chi connectivity index (χ2n) is 7.71. The molecule has 1 aromatic carbocycles. The average Bonchev–Trinajstić information content (AvgIpc) is 2.90. The molecule has 0 radical (unpaired) electrons. The summed E-state index contributed by atoms with van der Waals surface area (Å²) in [6.45, 7) is 0.828. The highest BCUT2D eigenvalue weighted by Crippen LogP contribution is 2.61. The molecule has 1 aromatic rings. The van der Waals surface area contributed by atoms with Crippen LogP contribution in [-0.2, 0) is 23.2 Å². The number of quaternary nitrogens is 1. The SMILES string of the molecule is C[NH+]1CC[C@]23c4c5ccc(CO)c4O[C@H]2C(=O)CC[C@@]3(O)[C@H]1C5. The Morgan fingerprint density at radius 3 is 3.00 bits per heavy atom. The van der Waals surface area contributed by atoms with Gasteiger partial charge < -0.3 is 19.8 Å². The van der Waals surface area contributed by atoms with Crippen LogP contribution in [0.15, 0.2) is 12.1 Å². The van der Waals surface area contributed by atoms with E-state index >= 15 is 0 Å². The molecular weight excluding hydrogens is 294 g/mol. The lowest BCUT2D eigenvalue weighted by atomic mass is 9.49. The van der Waals surface area contributed by atoms with Gasteiger partial charge in [-0.05, 0) is 12.0 Å². The molecule has 5 heteroatoms. The number of aliphatic hydroxyl groups is 2. The number of Topliss-reactive ketones (excluding diaryl/α,β-unsaturated/α-hetero) is 1. The molecule has 23 heavy (non-hydrogen) atoms. The van der Waals surface area contributed by atoms with E-state index in [-0.39, 0.29) is 18.4 Å². The number of nitrogens with one attached hydrogen (secondary N) is 1. The number of hydrogen-bond acceptors (Lipinski definition) is 4. The summed E-state index contributed by atoms with van der Waals surface area (Å²) in [4.78, 5) is 14.0. The first kappa shape index (κ1) is 14.0. The number of ketones is 1. The summed E-state index contributed by atoms with van der Waals surface area (Å²) in [7, 11) is 2.14. The molecule has 2 aliphatic heterocycles. The second-order valence-corrected chi connectivity index (χ2v) is 7.71. The number of ether oxygens (including phenoxy) is 1. The Balaban J connectivity index is 1.86. The molecule has 0 aromatic heterocycles. The fourth-order valence-corrected chi connectivity index (χ4v) is 5.88. The van der Waals surface area contributed by atoms with Crippen LogP contribution in [0.3, 0.4) is 0 Å². The fraction of sp³-hybridized carbons (Fsp3) is 0.611. The molecule has 2 heterocycles. The predicted molar refractivity (Wildman–Crippen MR) is 81.5 cm³/mol. The minimum Gasteiger partial charge on any atom is -0.481 e. The number of benzene rings is 1. The molecule has 1 spiro atoms. The van der Waals surface area contributed by atoms with Crippen LogP contribution in [0.5, 0.6) is 5.75 Å². The largest absolute Gasteiger partial charge is 0.481 e. The average molecular weight is 316 g/mol. The third kappa shape index (κ3) is 1.35. The van der Waals surface area contributed by atoms with E-state index in [1.165, 1.54) is 10.5 Å². The third-order valence-corrected chi connectivity index (χ3v) is 6.95. The zero-order valence-electron chi connectivity index (χ0n) is 13.3. The lowest BCUT2D eigenvalue weighted by Gasteiger charge is -2.59. The molecular formula is C18H22NO4+. The smallest absolute Gasteiger partial charge is 0.174 e. The first-order chi connectivity index (χ1) is 11.0. The standard InChI is InChI=1S/C18H21NO4/c1-19-7-6-17-14-10-2-3-11(9-20)15(14)23-16(17)12(21)4-5-18(17,22)13(19)8-10/h2-3,13,16,20,22H,4-9H2,1H3/p+1/t13-,16+,17+,18-/m1/s1. The van der Waals surface area contributed by atoms with Crippen molar-refractivity contribution in [2.75, 3.05) is 13.6 Å². The molecule has 1 unspecified atom stereocenters. The van der Waals surface area contributed by atoms with E-state index < -0.39 is 17.1 Å². The van der Waals surface area contributed by atoms with Gasteiger partial charge in [0, 0.05) is 30.4 Å². The van der Waals surface area contributed by atoms with Gasteiger partial charge in [-0.15, -0.1) is 0 Å². The maximum Gasteiger partial charge on any atom is 0.174 e. The number of aliphatic hydroxyl groups excluding tert-OH is 1. The Labute approximate surface area is 134 Å². The van der Waals surface area contributed by atoms with Crippen LogP contribution in [0.25, 0.3) is 0 Å². The maximum absolute atomic E-state index is 12.6. The Kier molecular flexibility index (Phi) is 2.52. The second kappa shape index (κ2) is 4.15. The van der Waals surface area contributed by atoms with Gasteiger partial charge in [-0.3, -0.25) is 4.79 Å². The minimum absolute atomic E-state index is 0.0981. The fourth-order valence-electron chi connectivity index (χ4n) is 5.88. The first-order valence-electron chi connectivity index (χ1n) is 8.53. The molecule has 2 bridgehead atoms. The Morgan fingerprint density at radius 1 is 1.39 bits per heavy atom. The molecule has 3 N–H and O–H groups in total. The zero-order valence-corrected chi connectivity index (χ0v) is 13.3. The predicted octanol–water partition coefficient (Wildman–Crippen LogP) is -0.885.